The number of hydrogen-bond acceptors (Lipinski definition) is 4. The van der Waals surface area contributed by atoms with Crippen LogP contribution in [0.2, 0.25) is 0 Å². The first-order valence-electron chi connectivity index (χ1n) is 10.0. The van der Waals surface area contributed by atoms with Gasteiger partial charge < -0.3 is 5.11 Å². The molecule has 0 fully saturated rings. The van der Waals surface area contributed by atoms with Gasteiger partial charge in [-0.3, -0.25) is 14.5 Å². The minimum absolute atomic E-state index is 0. The maximum Gasteiger partial charge on any atom is 0.417 e. The van der Waals surface area contributed by atoms with Crippen molar-refractivity contribution >= 4 is 18.0 Å². The molecule has 2 unspecified atom stereocenters. The van der Waals surface area contributed by atoms with Crippen LogP contribution in [0.3, 0.4) is 0 Å². The molecule has 0 aliphatic rings. The summed E-state index contributed by atoms with van der Waals surface area (Å²) in [5, 5.41) is 18.4. The first-order valence-corrected chi connectivity index (χ1v) is 10.0. The van der Waals surface area contributed by atoms with E-state index < -0.39 is 28.8 Å². The summed E-state index contributed by atoms with van der Waals surface area (Å²) in [6.07, 6.45) is -1.01. The molecule has 32 heavy (non-hydrogen) atoms. The number of aliphatic hydroxyl groups is 1. The molecule has 0 aliphatic heterocycles. The number of benzene rings is 1. The number of anilines is 1. The van der Waals surface area contributed by atoms with Gasteiger partial charge in [0.2, 0.25) is 12.3 Å². The molecule has 1 aromatic rings. The molecule has 0 aliphatic carbocycles. The number of halogens is 3. The highest BCUT2D eigenvalue weighted by Crippen LogP contribution is 2.34. The molecule has 2 atom stereocenters. The number of hydrogen-bond donors (Lipinski definition) is 1. The summed E-state index contributed by atoms with van der Waals surface area (Å²) < 4.78 is 38.4. The number of carbonyl (C=O) groups excluding carboxylic acids is 2. The van der Waals surface area contributed by atoms with Gasteiger partial charge in [-0.25, -0.2) is 0 Å². The Kier molecular flexibility index (Phi) is 16.5. The second-order valence-corrected chi connectivity index (χ2v) is 7.38. The predicted molar refractivity (Wildman–Crippen MR) is 123 cm³/mol. The van der Waals surface area contributed by atoms with Gasteiger partial charge in [-0.15, -0.1) is 0 Å². The fourth-order valence-corrected chi connectivity index (χ4v) is 2.80. The Morgan fingerprint density at radius 1 is 1.22 bits per heavy atom. The van der Waals surface area contributed by atoms with E-state index in [1.165, 1.54) is 6.07 Å². The number of imide groups is 1. The van der Waals surface area contributed by atoms with Crippen molar-refractivity contribution < 1.29 is 27.9 Å². The summed E-state index contributed by atoms with van der Waals surface area (Å²) in [6, 6.07) is 4.13. The van der Waals surface area contributed by atoms with Crippen LogP contribution in [0.25, 0.3) is 0 Å². The molecule has 8 heteroatoms. The van der Waals surface area contributed by atoms with Crippen LogP contribution in [0.5, 0.6) is 0 Å². The van der Waals surface area contributed by atoms with E-state index in [2.05, 4.69) is 20.8 Å². The number of rotatable bonds is 8. The Morgan fingerprint density at radius 3 is 2.16 bits per heavy atom. The molecule has 0 aromatic heterocycles. The van der Waals surface area contributed by atoms with Crippen molar-refractivity contribution in [3.63, 3.8) is 0 Å². The highest BCUT2D eigenvalue weighted by Gasteiger charge is 2.34. The van der Waals surface area contributed by atoms with Crippen molar-refractivity contribution in [2.24, 2.45) is 5.92 Å². The average Bonchev–Trinajstić information content (AvgIpc) is 2.67. The lowest BCUT2D eigenvalue weighted by Gasteiger charge is -2.29. The highest BCUT2D eigenvalue weighted by atomic mass is 19.4. The average molecular weight is 461 g/mol. The van der Waals surface area contributed by atoms with E-state index in [4.69, 9.17) is 5.26 Å². The van der Waals surface area contributed by atoms with Gasteiger partial charge in [0.25, 0.3) is 0 Å². The largest absolute Gasteiger partial charge is 0.417 e. The normalized spacial score (nSPS) is 13.0. The van der Waals surface area contributed by atoms with Gasteiger partial charge in [-0.05, 0) is 43.9 Å². The standard InChI is InChI=1S/C13H11F3N2O2.C9H20O.2CH4/c1-2-3-12(20)18(8-19)10-5-4-9(7-17)11(6-10)13(14,15)16;1-5-7-9(4,10)8(3)6-2;;/h4-6,8H,2-3H2,1H3;8,10H,5-7H2,1-4H3;2*1H4. The van der Waals surface area contributed by atoms with Gasteiger partial charge in [0.15, 0.2) is 0 Å². The molecule has 2 amide bonds. The lowest BCUT2D eigenvalue weighted by Crippen LogP contribution is -2.31. The molecule has 1 aromatic carbocycles. The lowest BCUT2D eigenvalue weighted by atomic mass is 9.85. The molecule has 1 rings (SSSR count). The smallest absolute Gasteiger partial charge is 0.390 e. The molecule has 0 radical (unpaired) electrons. The van der Waals surface area contributed by atoms with Gasteiger partial charge in [0.1, 0.15) is 0 Å². The van der Waals surface area contributed by atoms with Gasteiger partial charge >= 0.3 is 6.18 Å². The van der Waals surface area contributed by atoms with Crippen LogP contribution in [0, 0.1) is 17.2 Å². The van der Waals surface area contributed by atoms with Crippen LogP contribution in [-0.2, 0) is 15.8 Å². The zero-order chi connectivity index (χ0) is 23.5. The summed E-state index contributed by atoms with van der Waals surface area (Å²) in [6.45, 7) is 9.98. The first kappa shape index (κ1) is 34.2. The zero-order valence-electron chi connectivity index (χ0n) is 18.2. The maximum atomic E-state index is 12.8. The van der Waals surface area contributed by atoms with Crippen molar-refractivity contribution in [3.8, 4) is 6.07 Å². The van der Waals surface area contributed by atoms with Crippen LogP contribution in [0.1, 0.15) is 92.7 Å². The summed E-state index contributed by atoms with van der Waals surface area (Å²) in [5.74, 6) is -0.173. The molecular weight excluding hydrogens is 421 g/mol. The third-order valence-electron chi connectivity index (χ3n) is 4.98. The first-order chi connectivity index (χ1) is 13.9. The van der Waals surface area contributed by atoms with Crippen LogP contribution in [-0.4, -0.2) is 23.0 Å². The summed E-state index contributed by atoms with van der Waals surface area (Å²) in [5.41, 5.74) is -2.38. The lowest BCUT2D eigenvalue weighted by molar-refractivity contribution is -0.138. The van der Waals surface area contributed by atoms with Gasteiger partial charge in [-0.2, -0.15) is 18.4 Å². The van der Waals surface area contributed by atoms with Crippen LogP contribution in [0.15, 0.2) is 18.2 Å². The quantitative estimate of drug-likeness (QED) is 0.437. The Balaban J connectivity index is -0.000000602. The number of alkyl halides is 3. The van der Waals surface area contributed by atoms with Crippen molar-refractivity contribution in [1.82, 2.24) is 0 Å². The molecular formula is C24H39F3N2O3. The Morgan fingerprint density at radius 2 is 1.78 bits per heavy atom. The van der Waals surface area contributed by atoms with E-state index in [1.54, 1.807) is 6.92 Å². The van der Waals surface area contributed by atoms with Crippen molar-refractivity contribution in [3.05, 3.63) is 29.3 Å². The minimum atomic E-state index is -4.73. The van der Waals surface area contributed by atoms with E-state index in [1.807, 2.05) is 6.92 Å². The van der Waals surface area contributed by atoms with E-state index in [9.17, 15) is 27.9 Å². The summed E-state index contributed by atoms with van der Waals surface area (Å²) in [4.78, 5) is 23.1. The fourth-order valence-electron chi connectivity index (χ4n) is 2.80. The molecule has 1 N–H and O–H groups in total. The molecule has 0 bridgehead atoms. The van der Waals surface area contributed by atoms with Gasteiger partial charge in [0, 0.05) is 6.42 Å². The fraction of sp³-hybridized carbons (Fsp3) is 0.625. The third-order valence-corrected chi connectivity index (χ3v) is 4.98. The Labute approximate surface area is 191 Å². The SMILES string of the molecule is C.C.CCCC(=O)N(C=O)c1ccc(C#N)c(C(F)(F)F)c1.CCCC(C)(O)C(C)CC. The van der Waals surface area contributed by atoms with E-state index in [0.29, 0.717) is 23.3 Å². The molecule has 0 heterocycles. The zero-order valence-corrected chi connectivity index (χ0v) is 18.2. The number of amides is 2. The van der Waals surface area contributed by atoms with E-state index in [0.717, 1.165) is 31.4 Å². The van der Waals surface area contributed by atoms with Crippen LogP contribution in [0.4, 0.5) is 18.9 Å². The molecule has 0 spiro atoms. The topological polar surface area (TPSA) is 81.4 Å². The van der Waals surface area contributed by atoms with E-state index >= 15 is 0 Å². The monoisotopic (exact) mass is 460 g/mol. The predicted octanol–water partition coefficient (Wildman–Crippen LogP) is 6.72. The number of nitrogens with zero attached hydrogens (tertiary/aromatic N) is 2. The molecule has 0 saturated heterocycles. The molecule has 0 saturated carbocycles. The third kappa shape index (κ3) is 10.3. The second kappa shape index (κ2) is 15.4. The Hall–Kier alpha value is -2.40. The van der Waals surface area contributed by atoms with Crippen molar-refractivity contribution in [2.75, 3.05) is 4.90 Å². The van der Waals surface area contributed by atoms with Crippen molar-refractivity contribution in [2.45, 2.75) is 93.4 Å². The molecule has 184 valence electrons. The second-order valence-electron chi connectivity index (χ2n) is 7.38. The summed E-state index contributed by atoms with van der Waals surface area (Å²) >= 11 is 0. The maximum absolute atomic E-state index is 12.8. The van der Waals surface area contributed by atoms with Crippen LogP contribution < -0.4 is 4.90 Å². The van der Waals surface area contributed by atoms with Gasteiger partial charge in [-0.1, -0.05) is 55.4 Å². The highest BCUT2D eigenvalue weighted by molar-refractivity contribution is 6.06. The summed E-state index contributed by atoms with van der Waals surface area (Å²) in [7, 11) is 0. The Bertz CT molecular complexity index is 741. The number of nitriles is 1. The van der Waals surface area contributed by atoms with Crippen LogP contribution >= 0.6 is 0 Å². The minimum Gasteiger partial charge on any atom is -0.390 e. The van der Waals surface area contributed by atoms with Gasteiger partial charge in [0.05, 0.1) is 28.5 Å². The number of carbonyl (C=O) groups is 2. The van der Waals surface area contributed by atoms with Crippen molar-refractivity contribution in [1.29, 1.82) is 5.26 Å². The molecule has 5 nitrogen and oxygen atoms in total. The van der Waals surface area contributed by atoms with E-state index in [-0.39, 0.29) is 33.4 Å².